The highest BCUT2D eigenvalue weighted by molar-refractivity contribution is 7.89. The van der Waals surface area contributed by atoms with Crippen molar-refractivity contribution in [3.05, 3.63) is 64.4 Å². The lowest BCUT2D eigenvalue weighted by Gasteiger charge is -2.40. The van der Waals surface area contributed by atoms with Gasteiger partial charge in [0.2, 0.25) is 15.9 Å². The third-order valence-corrected chi connectivity index (χ3v) is 10.5. The lowest BCUT2D eigenvalue weighted by molar-refractivity contribution is -0.120. The molecule has 0 aromatic heterocycles. The summed E-state index contributed by atoms with van der Waals surface area (Å²) in [5.41, 5.74) is 0.779. The molecule has 2 amide bonds. The van der Waals surface area contributed by atoms with Crippen molar-refractivity contribution in [2.24, 2.45) is 5.92 Å². The van der Waals surface area contributed by atoms with Crippen LogP contribution in [-0.4, -0.2) is 68.2 Å². The summed E-state index contributed by atoms with van der Waals surface area (Å²) < 4.78 is 49.2. The van der Waals surface area contributed by atoms with Gasteiger partial charge in [0, 0.05) is 40.8 Å². The highest BCUT2D eigenvalue weighted by Gasteiger charge is 2.40. The Balaban J connectivity index is 1.60. The molecule has 13 heteroatoms. The number of carbonyl (C=O) groups is 2. The first-order chi connectivity index (χ1) is 21.2. The summed E-state index contributed by atoms with van der Waals surface area (Å²) in [6, 6.07) is 9.67. The van der Waals surface area contributed by atoms with Crippen LogP contribution in [0.2, 0.25) is 5.02 Å². The third kappa shape index (κ3) is 10.1. The van der Waals surface area contributed by atoms with Crippen molar-refractivity contribution < 1.29 is 32.2 Å². The van der Waals surface area contributed by atoms with E-state index in [1.54, 1.807) is 30.3 Å². The summed E-state index contributed by atoms with van der Waals surface area (Å²) in [4.78, 5) is 26.0. The molecule has 10 nitrogen and oxygen atoms in total. The van der Waals surface area contributed by atoms with E-state index in [0.29, 0.717) is 31.0 Å². The quantitative estimate of drug-likeness (QED) is 0.252. The molecule has 1 unspecified atom stereocenters. The summed E-state index contributed by atoms with van der Waals surface area (Å²) in [5.74, 6) is -1.98. The van der Waals surface area contributed by atoms with Gasteiger partial charge in [-0.2, -0.15) is 0 Å². The molecule has 0 aliphatic carbocycles. The molecule has 2 aliphatic heterocycles. The molecule has 2 aliphatic rings. The van der Waals surface area contributed by atoms with Crippen molar-refractivity contribution in [1.29, 1.82) is 0 Å². The van der Waals surface area contributed by atoms with Crippen molar-refractivity contribution in [2.75, 3.05) is 24.2 Å². The van der Waals surface area contributed by atoms with E-state index < -0.39 is 45.8 Å². The maximum Gasteiger partial charge on any atom is 0.405 e. The zero-order chi connectivity index (χ0) is 32.8. The minimum absolute atomic E-state index is 0.0206. The highest BCUT2D eigenvalue weighted by Crippen LogP contribution is 2.39. The second-order valence-electron chi connectivity index (χ2n) is 12.8. The van der Waals surface area contributed by atoms with Crippen LogP contribution in [0.1, 0.15) is 69.9 Å². The van der Waals surface area contributed by atoms with E-state index in [4.69, 9.17) is 16.3 Å². The number of hydrogen-bond acceptors (Lipinski definition) is 6. The Kier molecular flexibility index (Phi) is 11.9. The number of hydrogen-bond donors (Lipinski definition) is 5. The van der Waals surface area contributed by atoms with E-state index in [1.807, 2.05) is 20.8 Å². The van der Waals surface area contributed by atoms with Gasteiger partial charge < -0.3 is 25.8 Å². The van der Waals surface area contributed by atoms with Gasteiger partial charge in [0.05, 0.1) is 18.0 Å². The van der Waals surface area contributed by atoms with Gasteiger partial charge in [-0.3, -0.25) is 4.79 Å². The molecule has 2 saturated heterocycles. The lowest BCUT2D eigenvalue weighted by atomic mass is 9.75. The number of amides is 2. The fourth-order valence-corrected chi connectivity index (χ4v) is 7.68. The summed E-state index contributed by atoms with van der Waals surface area (Å²) >= 11 is 6.15. The molecule has 5 N–H and O–H groups in total. The summed E-state index contributed by atoms with van der Waals surface area (Å²) in [6.07, 6.45) is 1.71. The largest absolute Gasteiger partial charge is 0.465 e. The Bertz CT molecular complexity index is 1430. The van der Waals surface area contributed by atoms with E-state index in [-0.39, 0.29) is 47.4 Å². The van der Waals surface area contributed by atoms with Gasteiger partial charge in [0.25, 0.3) is 0 Å². The van der Waals surface area contributed by atoms with Crippen molar-refractivity contribution in [1.82, 2.24) is 15.4 Å². The SMILES string of the molecule is C[C@H]1CCCS(=O)(=O)N[C@@H](CCc2c(F)cccc2NC(=O)[C@@H](NC(=O)O)[C@@H](c2ccc(Cl)cc2)C2CCC(C)(C)OC2)CN1. The average Bonchev–Trinajstić information content (AvgIpc) is 3.02. The van der Waals surface area contributed by atoms with E-state index in [9.17, 15) is 23.1 Å². The van der Waals surface area contributed by atoms with E-state index in [2.05, 4.69) is 20.7 Å². The minimum atomic E-state index is -3.50. The van der Waals surface area contributed by atoms with E-state index in [0.717, 1.165) is 18.4 Å². The van der Waals surface area contributed by atoms with Gasteiger partial charge in [-0.05, 0) is 95.0 Å². The fourth-order valence-electron chi connectivity index (χ4n) is 6.18. The van der Waals surface area contributed by atoms with Crippen molar-refractivity contribution in [3.8, 4) is 0 Å². The maximum atomic E-state index is 15.3. The van der Waals surface area contributed by atoms with Crippen molar-refractivity contribution in [3.63, 3.8) is 0 Å². The highest BCUT2D eigenvalue weighted by atomic mass is 35.5. The molecule has 2 aromatic carbocycles. The number of anilines is 1. The van der Waals surface area contributed by atoms with Crippen LogP contribution >= 0.6 is 11.6 Å². The molecule has 5 atom stereocenters. The monoisotopic (exact) mass is 666 g/mol. The normalized spacial score (nSPS) is 24.7. The summed E-state index contributed by atoms with van der Waals surface area (Å²) in [7, 11) is -3.50. The van der Waals surface area contributed by atoms with Gasteiger partial charge in [-0.15, -0.1) is 0 Å². The predicted octanol–water partition coefficient (Wildman–Crippen LogP) is 5.04. The number of carboxylic acid groups (broad SMARTS) is 1. The van der Waals surface area contributed by atoms with E-state index in [1.165, 1.54) is 12.1 Å². The smallest absolute Gasteiger partial charge is 0.405 e. The number of carbonyl (C=O) groups excluding carboxylic acids is 1. The second kappa shape index (κ2) is 15.2. The Morgan fingerprint density at radius 2 is 1.91 bits per heavy atom. The van der Waals surface area contributed by atoms with Gasteiger partial charge in [0.1, 0.15) is 11.9 Å². The lowest BCUT2D eigenvalue weighted by Crippen LogP contribution is -2.51. The van der Waals surface area contributed by atoms with Gasteiger partial charge >= 0.3 is 6.09 Å². The molecule has 2 aromatic rings. The molecular formula is C32H44ClFN4O6S. The molecule has 0 spiro atoms. The number of halogens is 2. The molecule has 0 saturated carbocycles. The molecule has 0 bridgehead atoms. The zero-order valence-corrected chi connectivity index (χ0v) is 27.5. The van der Waals surface area contributed by atoms with Crippen LogP contribution in [0.5, 0.6) is 0 Å². The van der Waals surface area contributed by atoms with Crippen molar-refractivity contribution in [2.45, 2.75) is 88.9 Å². The molecule has 0 radical (unpaired) electrons. The third-order valence-electron chi connectivity index (χ3n) is 8.72. The predicted molar refractivity (Wildman–Crippen MR) is 173 cm³/mol. The minimum Gasteiger partial charge on any atom is -0.465 e. The van der Waals surface area contributed by atoms with Crippen LogP contribution in [0.4, 0.5) is 14.9 Å². The number of nitrogens with one attached hydrogen (secondary N) is 4. The van der Waals surface area contributed by atoms with Gasteiger partial charge in [0.15, 0.2) is 0 Å². The fraction of sp³-hybridized carbons (Fsp3) is 0.562. The van der Waals surface area contributed by atoms with Gasteiger partial charge in [-0.25, -0.2) is 22.3 Å². The topological polar surface area (TPSA) is 146 Å². The maximum absolute atomic E-state index is 15.3. The number of rotatable bonds is 9. The second-order valence-corrected chi connectivity index (χ2v) is 15.1. The summed E-state index contributed by atoms with van der Waals surface area (Å²) in [5, 5.41) is 18.9. The van der Waals surface area contributed by atoms with E-state index >= 15 is 4.39 Å². The molecule has 45 heavy (non-hydrogen) atoms. The zero-order valence-electron chi connectivity index (χ0n) is 25.9. The molecular weight excluding hydrogens is 623 g/mol. The Morgan fingerprint density at radius 1 is 1.18 bits per heavy atom. The Hall–Kier alpha value is -2.77. The van der Waals surface area contributed by atoms with Crippen molar-refractivity contribution >= 4 is 39.3 Å². The molecule has 4 rings (SSSR count). The number of benzene rings is 2. The summed E-state index contributed by atoms with van der Waals surface area (Å²) in [6.45, 7) is 6.68. The first kappa shape index (κ1) is 35.1. The standard InChI is InChI=1S/C32H44ClFN4O6S/c1-20-6-5-17-45(42,43)38-24(18-35-20)13-14-25-26(34)7-4-8-27(25)36-30(39)29(37-31(40)41)28(21-9-11-23(33)12-10-21)22-15-16-32(2,3)44-19-22/h4,7-12,20,22,24,28-29,35,37-38H,5-6,13-19H2,1-3H3,(H,36,39)(H,40,41)/t20-,22?,24-,28-,29-/m0/s1. The molecule has 248 valence electrons. The van der Waals surface area contributed by atoms with Crippen LogP contribution < -0.4 is 20.7 Å². The molecule has 2 fully saturated rings. The number of sulfonamides is 1. The molecule has 2 heterocycles. The van der Waals surface area contributed by atoms with Crippen LogP contribution in [0.25, 0.3) is 0 Å². The van der Waals surface area contributed by atoms with Crippen LogP contribution in [0, 0.1) is 11.7 Å². The van der Waals surface area contributed by atoms with Crippen LogP contribution in [0.15, 0.2) is 42.5 Å². The first-order valence-corrected chi connectivity index (χ1v) is 17.5. The Labute approximate surface area is 269 Å². The van der Waals surface area contributed by atoms with Crippen LogP contribution in [-0.2, 0) is 26.0 Å². The van der Waals surface area contributed by atoms with Crippen LogP contribution in [0.3, 0.4) is 0 Å². The number of ether oxygens (including phenoxy) is 1. The Morgan fingerprint density at radius 3 is 2.58 bits per heavy atom. The first-order valence-electron chi connectivity index (χ1n) is 15.4. The average molecular weight is 667 g/mol. The van der Waals surface area contributed by atoms with Gasteiger partial charge in [-0.1, -0.05) is 29.8 Å².